The van der Waals surface area contributed by atoms with E-state index in [-0.39, 0.29) is 5.12 Å². The van der Waals surface area contributed by atoms with Crippen LogP contribution in [0.2, 0.25) is 0 Å². The molecule has 0 heterocycles. The van der Waals surface area contributed by atoms with Crippen molar-refractivity contribution in [1.29, 1.82) is 0 Å². The van der Waals surface area contributed by atoms with Gasteiger partial charge in [-0.25, -0.2) is 0 Å². The fourth-order valence-electron chi connectivity index (χ4n) is 2.04. The summed E-state index contributed by atoms with van der Waals surface area (Å²) in [5, 5.41) is -0.0112. The van der Waals surface area contributed by atoms with Gasteiger partial charge in [0.1, 0.15) is 0 Å². The minimum absolute atomic E-state index is 0.0112. The van der Waals surface area contributed by atoms with Crippen molar-refractivity contribution in [2.24, 2.45) is 0 Å². The maximum atomic E-state index is 12.4. The molecule has 110 valence electrons. The van der Waals surface area contributed by atoms with E-state index >= 15 is 0 Å². The van der Waals surface area contributed by atoms with Crippen LogP contribution in [-0.2, 0) is 0 Å². The van der Waals surface area contributed by atoms with Gasteiger partial charge in [0, 0.05) is 10.5 Å². The molecule has 0 N–H and O–H groups in total. The predicted octanol–water partition coefficient (Wildman–Crippen LogP) is 4.25. The molecule has 0 aromatic heterocycles. The molecule has 0 spiro atoms. The summed E-state index contributed by atoms with van der Waals surface area (Å²) in [5.41, 5.74) is 2.89. The van der Waals surface area contributed by atoms with Gasteiger partial charge in [-0.2, -0.15) is 0 Å². The van der Waals surface area contributed by atoms with E-state index in [0.717, 1.165) is 10.5 Å². The molecule has 2 rings (SSSR count). The monoisotopic (exact) mass is 302 g/mol. The summed E-state index contributed by atoms with van der Waals surface area (Å²) < 4.78 is 10.4. The van der Waals surface area contributed by atoms with Gasteiger partial charge >= 0.3 is 0 Å². The predicted molar refractivity (Wildman–Crippen MR) is 85.6 cm³/mol. The average molecular weight is 302 g/mol. The van der Waals surface area contributed by atoms with Gasteiger partial charge < -0.3 is 9.47 Å². The first kappa shape index (κ1) is 15.4. The van der Waals surface area contributed by atoms with Gasteiger partial charge in [-0.3, -0.25) is 4.79 Å². The first-order chi connectivity index (χ1) is 10.0. The second-order valence-electron chi connectivity index (χ2n) is 4.73. The topological polar surface area (TPSA) is 35.5 Å². The Balaban J connectivity index is 2.24. The lowest BCUT2D eigenvalue weighted by molar-refractivity contribution is 0.108. The molecule has 0 unspecified atom stereocenters. The number of thioether (sulfide) groups is 1. The first-order valence-corrected chi connectivity index (χ1v) is 7.38. The summed E-state index contributed by atoms with van der Waals surface area (Å²) in [4.78, 5) is 13.4. The van der Waals surface area contributed by atoms with Gasteiger partial charge in [-0.1, -0.05) is 17.7 Å². The molecule has 0 aliphatic carbocycles. The fraction of sp³-hybridized carbons (Fsp3) is 0.235. The summed E-state index contributed by atoms with van der Waals surface area (Å²) in [7, 11) is 3.13. The Morgan fingerprint density at radius 2 is 1.67 bits per heavy atom. The molecule has 4 heteroatoms. The number of methoxy groups -OCH3 is 2. The van der Waals surface area contributed by atoms with Gasteiger partial charge in [-0.15, -0.1) is 0 Å². The maximum Gasteiger partial charge on any atom is 0.224 e. The molecule has 0 amide bonds. The second-order valence-corrected chi connectivity index (χ2v) is 5.74. The van der Waals surface area contributed by atoms with Crippen molar-refractivity contribution in [1.82, 2.24) is 0 Å². The largest absolute Gasteiger partial charge is 0.493 e. The standard InChI is InChI=1S/C17H18O3S/c1-11-5-8-16(12(2)9-11)21-17(18)13-6-7-14(19-3)15(10-13)20-4/h5-10H,1-4H3. The van der Waals surface area contributed by atoms with Crippen LogP contribution in [0.1, 0.15) is 21.5 Å². The lowest BCUT2D eigenvalue weighted by atomic mass is 10.2. The molecule has 0 bridgehead atoms. The molecule has 0 aliphatic heterocycles. The van der Waals surface area contributed by atoms with Crippen LogP contribution in [0.5, 0.6) is 11.5 Å². The number of carbonyl (C=O) groups is 1. The van der Waals surface area contributed by atoms with Crippen LogP contribution in [-0.4, -0.2) is 19.3 Å². The van der Waals surface area contributed by atoms with E-state index in [4.69, 9.17) is 9.47 Å². The molecule has 21 heavy (non-hydrogen) atoms. The normalized spacial score (nSPS) is 10.3. The van der Waals surface area contributed by atoms with Crippen LogP contribution in [0.3, 0.4) is 0 Å². The van der Waals surface area contributed by atoms with Crippen molar-refractivity contribution in [3.8, 4) is 11.5 Å². The number of hydrogen-bond donors (Lipinski definition) is 0. The first-order valence-electron chi connectivity index (χ1n) is 6.56. The highest BCUT2D eigenvalue weighted by Crippen LogP contribution is 2.31. The quantitative estimate of drug-likeness (QED) is 0.791. The summed E-state index contributed by atoms with van der Waals surface area (Å²) in [6.45, 7) is 4.05. The van der Waals surface area contributed by atoms with Gasteiger partial charge in [-0.05, 0) is 55.4 Å². The number of rotatable bonds is 4. The number of ether oxygens (including phenoxy) is 2. The van der Waals surface area contributed by atoms with E-state index < -0.39 is 0 Å². The number of hydrogen-bond acceptors (Lipinski definition) is 4. The van der Waals surface area contributed by atoms with Crippen molar-refractivity contribution in [2.45, 2.75) is 18.7 Å². The highest BCUT2D eigenvalue weighted by molar-refractivity contribution is 8.14. The molecule has 0 aliphatic rings. The lowest BCUT2D eigenvalue weighted by Gasteiger charge is -2.09. The zero-order valence-electron chi connectivity index (χ0n) is 12.6. The van der Waals surface area contributed by atoms with Crippen molar-refractivity contribution >= 4 is 16.9 Å². The summed E-state index contributed by atoms with van der Waals surface area (Å²) in [5.74, 6) is 1.18. The molecule has 0 saturated carbocycles. The number of carbonyl (C=O) groups excluding carboxylic acids is 1. The number of aryl methyl sites for hydroxylation is 2. The highest BCUT2D eigenvalue weighted by atomic mass is 32.2. The Bertz CT molecular complexity index is 665. The van der Waals surface area contributed by atoms with Gasteiger partial charge in [0.25, 0.3) is 0 Å². The summed E-state index contributed by atoms with van der Waals surface area (Å²) in [6, 6.07) is 11.3. The zero-order chi connectivity index (χ0) is 15.4. The molecule has 0 saturated heterocycles. The number of benzene rings is 2. The Kier molecular flexibility index (Phi) is 4.91. The van der Waals surface area contributed by atoms with Crippen molar-refractivity contribution < 1.29 is 14.3 Å². The third-order valence-electron chi connectivity index (χ3n) is 3.15. The van der Waals surface area contributed by atoms with Crippen molar-refractivity contribution in [2.75, 3.05) is 14.2 Å². The molecule has 2 aromatic carbocycles. The maximum absolute atomic E-state index is 12.4. The minimum atomic E-state index is -0.0112. The zero-order valence-corrected chi connectivity index (χ0v) is 13.4. The molecular formula is C17H18O3S. The van der Waals surface area contributed by atoms with Crippen LogP contribution in [0, 0.1) is 13.8 Å². The molecular weight excluding hydrogens is 284 g/mol. The van der Waals surface area contributed by atoms with Crippen LogP contribution in [0.4, 0.5) is 0 Å². The Morgan fingerprint density at radius 1 is 0.952 bits per heavy atom. The van der Waals surface area contributed by atoms with Crippen molar-refractivity contribution in [3.63, 3.8) is 0 Å². The van der Waals surface area contributed by atoms with E-state index in [1.54, 1.807) is 32.4 Å². The van der Waals surface area contributed by atoms with Crippen LogP contribution >= 0.6 is 11.8 Å². The smallest absolute Gasteiger partial charge is 0.224 e. The second kappa shape index (κ2) is 6.68. The highest BCUT2D eigenvalue weighted by Gasteiger charge is 2.13. The van der Waals surface area contributed by atoms with Crippen molar-refractivity contribution in [3.05, 3.63) is 53.1 Å². The molecule has 0 radical (unpaired) electrons. The van der Waals surface area contributed by atoms with E-state index in [2.05, 4.69) is 6.07 Å². The fourth-order valence-corrected chi connectivity index (χ4v) is 2.84. The summed E-state index contributed by atoms with van der Waals surface area (Å²) in [6.07, 6.45) is 0. The molecule has 0 atom stereocenters. The third kappa shape index (κ3) is 3.58. The van der Waals surface area contributed by atoms with Crippen LogP contribution in [0.15, 0.2) is 41.3 Å². The molecule has 0 fully saturated rings. The van der Waals surface area contributed by atoms with E-state index in [1.165, 1.54) is 17.3 Å². The molecule has 3 nitrogen and oxygen atoms in total. The lowest BCUT2D eigenvalue weighted by Crippen LogP contribution is -1.97. The van der Waals surface area contributed by atoms with E-state index in [9.17, 15) is 4.79 Å². The van der Waals surface area contributed by atoms with E-state index in [0.29, 0.717) is 17.1 Å². The third-order valence-corrected chi connectivity index (χ3v) is 4.25. The minimum Gasteiger partial charge on any atom is -0.493 e. The van der Waals surface area contributed by atoms with Gasteiger partial charge in [0.05, 0.1) is 14.2 Å². The van der Waals surface area contributed by atoms with E-state index in [1.807, 2.05) is 26.0 Å². The SMILES string of the molecule is COc1ccc(C(=O)Sc2ccc(C)cc2C)cc1OC. The average Bonchev–Trinajstić information content (AvgIpc) is 2.49. The Hall–Kier alpha value is -1.94. The Morgan fingerprint density at radius 3 is 2.29 bits per heavy atom. The van der Waals surface area contributed by atoms with Gasteiger partial charge in [0.15, 0.2) is 11.5 Å². The molecule has 2 aromatic rings. The summed E-state index contributed by atoms with van der Waals surface area (Å²) >= 11 is 1.23. The van der Waals surface area contributed by atoms with Crippen LogP contribution in [0.25, 0.3) is 0 Å². The Labute approximate surface area is 129 Å². The van der Waals surface area contributed by atoms with Crippen LogP contribution < -0.4 is 9.47 Å². The van der Waals surface area contributed by atoms with Gasteiger partial charge in [0.2, 0.25) is 5.12 Å².